The Labute approximate surface area is 152 Å². The third-order valence-electron chi connectivity index (χ3n) is 4.09. The van der Waals surface area contributed by atoms with Crippen LogP contribution in [0.4, 0.5) is 19.0 Å². The average Bonchev–Trinajstić information content (AvgIpc) is 3.05. The van der Waals surface area contributed by atoms with Crippen LogP contribution in [0.2, 0.25) is 0 Å². The molecule has 9 heteroatoms. The maximum Gasteiger partial charge on any atom is 0.416 e. The summed E-state index contributed by atoms with van der Waals surface area (Å²) in [5.74, 6) is -0.233. The Kier molecular flexibility index (Phi) is 4.61. The van der Waals surface area contributed by atoms with Crippen molar-refractivity contribution < 1.29 is 18.0 Å². The zero-order valence-corrected chi connectivity index (χ0v) is 14.5. The van der Waals surface area contributed by atoms with Crippen molar-refractivity contribution in [3.05, 3.63) is 53.5 Å². The van der Waals surface area contributed by atoms with Crippen LogP contribution in [-0.2, 0) is 6.18 Å². The lowest BCUT2D eigenvalue weighted by atomic mass is 9.97. The number of carbonyl (C=O) groups is 1. The summed E-state index contributed by atoms with van der Waals surface area (Å²) in [5.41, 5.74) is 7.09. The number of benzene rings is 1. The topological polar surface area (TPSA) is 96.7 Å². The molecule has 6 nitrogen and oxygen atoms in total. The third-order valence-corrected chi connectivity index (χ3v) is 4.09. The summed E-state index contributed by atoms with van der Waals surface area (Å²) in [6.07, 6.45) is -3.23. The molecule has 0 fully saturated rings. The van der Waals surface area contributed by atoms with Gasteiger partial charge in [-0.1, -0.05) is 6.07 Å². The highest BCUT2D eigenvalue weighted by molar-refractivity contribution is 6.01. The van der Waals surface area contributed by atoms with Crippen molar-refractivity contribution in [2.75, 3.05) is 12.8 Å². The number of halogens is 3. The molecule has 1 aromatic carbocycles. The summed E-state index contributed by atoms with van der Waals surface area (Å²) in [4.78, 5) is 23.1. The zero-order valence-electron chi connectivity index (χ0n) is 14.5. The summed E-state index contributed by atoms with van der Waals surface area (Å²) in [6.45, 7) is 1.68. The molecule has 0 saturated carbocycles. The summed E-state index contributed by atoms with van der Waals surface area (Å²) >= 11 is 0. The van der Waals surface area contributed by atoms with Crippen molar-refractivity contribution in [2.24, 2.45) is 0 Å². The molecule has 3 aromatic rings. The smallest absolute Gasteiger partial charge is 0.384 e. The van der Waals surface area contributed by atoms with Crippen LogP contribution in [0.15, 0.2) is 36.7 Å². The maximum absolute atomic E-state index is 13.1. The first-order valence-corrected chi connectivity index (χ1v) is 7.92. The van der Waals surface area contributed by atoms with Gasteiger partial charge in [0, 0.05) is 18.7 Å². The van der Waals surface area contributed by atoms with Gasteiger partial charge in [-0.3, -0.25) is 4.79 Å². The van der Waals surface area contributed by atoms with E-state index in [4.69, 9.17) is 5.73 Å². The van der Waals surface area contributed by atoms with E-state index in [1.54, 1.807) is 13.0 Å². The van der Waals surface area contributed by atoms with Crippen LogP contribution < -0.4 is 11.1 Å². The van der Waals surface area contributed by atoms with Gasteiger partial charge in [0.05, 0.1) is 17.0 Å². The lowest BCUT2D eigenvalue weighted by Crippen LogP contribution is -2.19. The first-order chi connectivity index (χ1) is 12.7. The van der Waals surface area contributed by atoms with Crippen molar-refractivity contribution in [2.45, 2.75) is 13.1 Å². The van der Waals surface area contributed by atoms with Gasteiger partial charge in [-0.05, 0) is 36.2 Å². The van der Waals surface area contributed by atoms with Gasteiger partial charge in [0.2, 0.25) is 0 Å². The van der Waals surface area contributed by atoms with E-state index in [0.29, 0.717) is 28.1 Å². The van der Waals surface area contributed by atoms with Crippen LogP contribution in [0.25, 0.3) is 22.5 Å². The molecule has 0 unspecified atom stereocenters. The minimum Gasteiger partial charge on any atom is -0.384 e. The Morgan fingerprint density at radius 1 is 1.15 bits per heavy atom. The Morgan fingerprint density at radius 2 is 1.89 bits per heavy atom. The maximum atomic E-state index is 13.1. The van der Waals surface area contributed by atoms with Gasteiger partial charge in [0.1, 0.15) is 17.8 Å². The van der Waals surface area contributed by atoms with E-state index in [0.717, 1.165) is 12.1 Å². The van der Waals surface area contributed by atoms with Crippen molar-refractivity contribution >= 4 is 11.7 Å². The number of hydrogen-bond acceptors (Lipinski definition) is 4. The zero-order chi connectivity index (χ0) is 19.8. The Hall–Kier alpha value is -3.36. The molecule has 0 saturated heterocycles. The van der Waals surface area contributed by atoms with Crippen LogP contribution >= 0.6 is 0 Å². The minimum absolute atomic E-state index is 0.132. The number of nitrogens with one attached hydrogen (secondary N) is 2. The van der Waals surface area contributed by atoms with E-state index in [9.17, 15) is 18.0 Å². The van der Waals surface area contributed by atoms with Gasteiger partial charge >= 0.3 is 6.18 Å². The van der Waals surface area contributed by atoms with E-state index in [1.807, 2.05) is 0 Å². The molecule has 0 aliphatic rings. The Balaban J connectivity index is 2.22. The summed E-state index contributed by atoms with van der Waals surface area (Å²) in [6, 6.07) is 6.50. The molecule has 27 heavy (non-hydrogen) atoms. The normalized spacial score (nSPS) is 11.4. The number of anilines is 1. The van der Waals surface area contributed by atoms with Crippen LogP contribution in [0.5, 0.6) is 0 Å². The number of amides is 1. The molecule has 0 bridgehead atoms. The number of alkyl halides is 3. The predicted octanol–water partition coefficient (Wildman–Crippen LogP) is 3.41. The van der Waals surface area contributed by atoms with Crippen molar-refractivity contribution in [3.63, 3.8) is 0 Å². The number of aryl methyl sites for hydroxylation is 1. The van der Waals surface area contributed by atoms with Gasteiger partial charge in [0.15, 0.2) is 0 Å². The molecule has 0 spiro atoms. The summed E-state index contributed by atoms with van der Waals surface area (Å²) < 4.78 is 39.4. The fourth-order valence-electron chi connectivity index (χ4n) is 2.72. The highest BCUT2D eigenvalue weighted by atomic mass is 19.4. The van der Waals surface area contributed by atoms with Gasteiger partial charge < -0.3 is 16.0 Å². The average molecular weight is 375 g/mol. The van der Waals surface area contributed by atoms with Crippen LogP contribution in [-0.4, -0.2) is 27.9 Å². The van der Waals surface area contributed by atoms with Crippen molar-refractivity contribution in [1.29, 1.82) is 0 Å². The molecule has 0 radical (unpaired) electrons. The highest BCUT2D eigenvalue weighted by Gasteiger charge is 2.31. The molecule has 3 rings (SSSR count). The molecule has 2 aromatic heterocycles. The van der Waals surface area contributed by atoms with Crippen LogP contribution in [0, 0.1) is 6.92 Å². The number of carbonyl (C=O) groups excluding carboxylic acids is 1. The monoisotopic (exact) mass is 375 g/mol. The lowest BCUT2D eigenvalue weighted by Gasteiger charge is -2.12. The number of H-pyrrole nitrogens is 1. The third kappa shape index (κ3) is 3.62. The fraction of sp³-hybridized carbons (Fsp3) is 0.167. The molecule has 0 aliphatic carbocycles. The van der Waals surface area contributed by atoms with Crippen LogP contribution in [0.3, 0.4) is 0 Å². The second kappa shape index (κ2) is 6.75. The molecule has 0 atom stereocenters. The van der Waals surface area contributed by atoms with E-state index in [2.05, 4.69) is 20.3 Å². The first kappa shape index (κ1) is 18.4. The Morgan fingerprint density at radius 3 is 2.52 bits per heavy atom. The molecule has 4 N–H and O–H groups in total. The number of nitrogens with two attached hydrogens (primary N) is 1. The van der Waals surface area contributed by atoms with Crippen molar-refractivity contribution in [1.82, 2.24) is 20.3 Å². The molecule has 0 aliphatic heterocycles. The molecule has 140 valence electrons. The first-order valence-electron chi connectivity index (χ1n) is 7.92. The number of nitrogens with zero attached hydrogens (tertiary/aromatic N) is 2. The number of nitrogen functional groups attached to an aromatic ring is 1. The Bertz CT molecular complexity index is 1010. The largest absolute Gasteiger partial charge is 0.416 e. The number of aromatic amines is 1. The SMILES string of the molecule is CNC(=O)c1[nH]c(-c2cc(N)ncn2)cc1-c1cc(C(F)(F)F)ccc1C. The summed E-state index contributed by atoms with van der Waals surface area (Å²) in [5, 5.41) is 2.48. The number of rotatable bonds is 3. The number of aromatic nitrogens is 3. The van der Waals surface area contributed by atoms with Gasteiger partial charge in [-0.25, -0.2) is 9.97 Å². The predicted molar refractivity (Wildman–Crippen MR) is 94.8 cm³/mol. The van der Waals surface area contributed by atoms with E-state index < -0.39 is 17.6 Å². The highest BCUT2D eigenvalue weighted by Crippen LogP contribution is 2.36. The van der Waals surface area contributed by atoms with Crippen LogP contribution in [0.1, 0.15) is 21.6 Å². The second-order valence-corrected chi connectivity index (χ2v) is 5.91. The van der Waals surface area contributed by atoms with Crippen molar-refractivity contribution in [3.8, 4) is 22.5 Å². The standard InChI is InChI=1S/C18H16F3N5O/c1-9-3-4-10(18(19,20)21)5-11(9)12-6-14(26-16(12)17(27)23-2)13-7-15(22)25-8-24-13/h3-8,26H,1-2H3,(H,23,27)(H2,22,24,25). The van der Waals surface area contributed by atoms with E-state index in [1.165, 1.54) is 25.5 Å². The van der Waals surface area contributed by atoms with Gasteiger partial charge in [-0.2, -0.15) is 13.2 Å². The van der Waals surface area contributed by atoms with Gasteiger partial charge in [0.25, 0.3) is 5.91 Å². The summed E-state index contributed by atoms with van der Waals surface area (Å²) in [7, 11) is 1.44. The van der Waals surface area contributed by atoms with E-state index in [-0.39, 0.29) is 11.5 Å². The number of hydrogen-bond donors (Lipinski definition) is 3. The molecular formula is C18H16F3N5O. The quantitative estimate of drug-likeness (QED) is 0.654. The molecular weight excluding hydrogens is 359 g/mol. The molecule has 2 heterocycles. The fourth-order valence-corrected chi connectivity index (χ4v) is 2.72. The lowest BCUT2D eigenvalue weighted by molar-refractivity contribution is -0.137. The van der Waals surface area contributed by atoms with E-state index >= 15 is 0 Å². The van der Waals surface area contributed by atoms with Gasteiger partial charge in [-0.15, -0.1) is 0 Å². The second-order valence-electron chi connectivity index (χ2n) is 5.91. The molecule has 1 amide bonds. The minimum atomic E-state index is -4.49.